The van der Waals surface area contributed by atoms with Gasteiger partial charge in [0.2, 0.25) is 0 Å². The van der Waals surface area contributed by atoms with Crippen molar-refractivity contribution in [3.63, 3.8) is 0 Å². The molecule has 0 bridgehead atoms. The normalized spacial score (nSPS) is 32.2. The van der Waals surface area contributed by atoms with Crippen molar-refractivity contribution in [2.24, 2.45) is 0 Å². The number of likely N-dealkylation sites (tertiary alicyclic amines) is 1. The minimum Gasteiger partial charge on any atom is -0.392 e. The molecule has 1 aromatic heterocycles. The second-order valence-corrected chi connectivity index (χ2v) is 5.85. The summed E-state index contributed by atoms with van der Waals surface area (Å²) in [5, 5.41) is 17.3. The maximum Gasteiger partial charge on any atom is 0.133 e. The molecule has 0 radical (unpaired) electrons. The number of hydrogen-bond acceptors (Lipinski definition) is 5. The zero-order valence-corrected chi connectivity index (χ0v) is 11.5. The van der Waals surface area contributed by atoms with E-state index in [1.54, 1.807) is 0 Å². The van der Waals surface area contributed by atoms with Crippen molar-refractivity contribution in [1.29, 1.82) is 0 Å². The van der Waals surface area contributed by atoms with Gasteiger partial charge in [-0.1, -0.05) is 11.6 Å². The van der Waals surface area contributed by atoms with Crippen LogP contribution in [0, 0.1) is 6.92 Å². The third-order valence-corrected chi connectivity index (χ3v) is 4.37. The third kappa shape index (κ3) is 2.99. The van der Waals surface area contributed by atoms with Gasteiger partial charge >= 0.3 is 0 Å². The van der Waals surface area contributed by atoms with Gasteiger partial charge < -0.3 is 14.9 Å². The Morgan fingerprint density at radius 3 is 3.05 bits per heavy atom. The number of aliphatic hydroxyl groups excluding tert-OH is 1. The summed E-state index contributed by atoms with van der Waals surface area (Å²) in [6, 6.07) is 3.07. The van der Waals surface area contributed by atoms with Crippen LogP contribution in [0.2, 0.25) is 0 Å². The Morgan fingerprint density at radius 2 is 2.37 bits per heavy atom. The molecule has 1 aromatic rings. The van der Waals surface area contributed by atoms with Crippen LogP contribution in [-0.4, -0.2) is 46.4 Å². The maximum absolute atomic E-state index is 9.67. The predicted molar refractivity (Wildman–Crippen MR) is 71.7 cm³/mol. The van der Waals surface area contributed by atoms with E-state index in [-0.39, 0.29) is 6.10 Å². The lowest BCUT2D eigenvalue weighted by molar-refractivity contribution is 0.149. The van der Waals surface area contributed by atoms with Gasteiger partial charge in [0.25, 0.3) is 0 Å². The number of rotatable bonds is 4. The Labute approximate surface area is 114 Å². The van der Waals surface area contributed by atoms with Gasteiger partial charge in [0, 0.05) is 37.8 Å². The average molecular weight is 265 g/mol. The van der Waals surface area contributed by atoms with E-state index in [9.17, 15) is 5.11 Å². The first-order valence-electron chi connectivity index (χ1n) is 7.30. The molecule has 0 spiro atoms. The number of β-amino-alcohol motifs (C(OH)–C–C–N with tert-alkyl or cyclic N) is 1. The molecule has 1 unspecified atom stereocenters. The van der Waals surface area contributed by atoms with Gasteiger partial charge in [0.15, 0.2) is 0 Å². The molecule has 1 aliphatic heterocycles. The fourth-order valence-electron chi connectivity index (χ4n) is 3.42. The second-order valence-electron chi connectivity index (χ2n) is 5.85. The lowest BCUT2D eigenvalue weighted by Crippen LogP contribution is -2.46. The number of aliphatic hydroxyl groups is 1. The Bertz CT molecular complexity index is 421. The number of nitrogens with zero attached hydrogens (tertiary/aromatic N) is 2. The molecule has 2 aliphatic rings. The van der Waals surface area contributed by atoms with Crippen LogP contribution in [0.4, 0.5) is 0 Å². The predicted octanol–water partition coefficient (Wildman–Crippen LogP) is 1.06. The fourth-order valence-corrected chi connectivity index (χ4v) is 3.42. The Morgan fingerprint density at radius 1 is 1.47 bits per heavy atom. The first kappa shape index (κ1) is 13.1. The van der Waals surface area contributed by atoms with Crippen molar-refractivity contribution in [1.82, 2.24) is 15.4 Å². The maximum atomic E-state index is 9.67. The van der Waals surface area contributed by atoms with Crippen LogP contribution in [-0.2, 0) is 6.54 Å². The molecule has 3 rings (SSSR count). The van der Waals surface area contributed by atoms with Gasteiger partial charge in [0.1, 0.15) is 5.76 Å². The molecule has 1 saturated carbocycles. The fraction of sp³-hybridized carbons (Fsp3) is 0.786. The number of hydrogen-bond donors (Lipinski definition) is 2. The van der Waals surface area contributed by atoms with Gasteiger partial charge in [-0.2, -0.15) is 0 Å². The molecular weight excluding hydrogens is 242 g/mol. The van der Waals surface area contributed by atoms with Crippen LogP contribution in [0.3, 0.4) is 0 Å². The van der Waals surface area contributed by atoms with Gasteiger partial charge in [0.05, 0.1) is 11.8 Å². The van der Waals surface area contributed by atoms with E-state index in [1.165, 1.54) is 19.3 Å². The molecule has 1 saturated heterocycles. The van der Waals surface area contributed by atoms with Crippen molar-refractivity contribution in [3.05, 3.63) is 17.5 Å². The summed E-state index contributed by atoms with van der Waals surface area (Å²) in [5.41, 5.74) is 0.976. The van der Waals surface area contributed by atoms with Crippen LogP contribution < -0.4 is 5.32 Å². The monoisotopic (exact) mass is 265 g/mol. The molecule has 3 atom stereocenters. The van der Waals surface area contributed by atoms with Crippen molar-refractivity contribution in [2.75, 3.05) is 13.1 Å². The lowest BCUT2D eigenvalue weighted by atomic mass is 10.1. The minimum atomic E-state index is -0.126. The first-order valence-corrected chi connectivity index (χ1v) is 7.30. The molecule has 5 heteroatoms. The van der Waals surface area contributed by atoms with E-state index < -0.39 is 0 Å². The number of aryl methyl sites for hydroxylation is 1. The molecule has 19 heavy (non-hydrogen) atoms. The minimum absolute atomic E-state index is 0.126. The van der Waals surface area contributed by atoms with E-state index in [1.807, 2.05) is 13.0 Å². The van der Waals surface area contributed by atoms with Gasteiger partial charge in [-0.25, -0.2) is 0 Å². The zero-order valence-electron chi connectivity index (χ0n) is 11.5. The topological polar surface area (TPSA) is 61.5 Å². The smallest absolute Gasteiger partial charge is 0.133 e. The van der Waals surface area contributed by atoms with Crippen LogP contribution in [0.25, 0.3) is 0 Å². The number of nitrogens with one attached hydrogen (secondary N) is 1. The zero-order chi connectivity index (χ0) is 13.2. The van der Waals surface area contributed by atoms with Crippen molar-refractivity contribution in [2.45, 2.75) is 57.3 Å². The van der Waals surface area contributed by atoms with E-state index >= 15 is 0 Å². The van der Waals surface area contributed by atoms with Crippen LogP contribution in [0.15, 0.2) is 10.6 Å². The van der Waals surface area contributed by atoms with Crippen molar-refractivity contribution in [3.8, 4) is 0 Å². The molecule has 2 N–H and O–H groups in total. The third-order valence-electron chi connectivity index (χ3n) is 4.37. The Hall–Kier alpha value is -0.910. The summed E-state index contributed by atoms with van der Waals surface area (Å²) < 4.78 is 5.09. The lowest BCUT2D eigenvalue weighted by Gasteiger charge is -2.29. The van der Waals surface area contributed by atoms with Gasteiger partial charge in [-0.05, 0) is 26.2 Å². The van der Waals surface area contributed by atoms with E-state index in [2.05, 4.69) is 15.4 Å². The highest BCUT2D eigenvalue weighted by Crippen LogP contribution is 2.27. The molecule has 5 nitrogen and oxygen atoms in total. The summed E-state index contributed by atoms with van der Waals surface area (Å²) in [5.74, 6) is 0.863. The van der Waals surface area contributed by atoms with E-state index in [4.69, 9.17) is 4.52 Å². The van der Waals surface area contributed by atoms with Crippen LogP contribution >= 0.6 is 0 Å². The van der Waals surface area contributed by atoms with Gasteiger partial charge in [-0.3, -0.25) is 4.90 Å². The van der Waals surface area contributed by atoms with Crippen molar-refractivity contribution >= 4 is 0 Å². The Kier molecular flexibility index (Phi) is 3.86. The summed E-state index contributed by atoms with van der Waals surface area (Å²) in [7, 11) is 0. The standard InChI is InChI=1S/C14H23N3O2/c1-10-7-11(16-19-10)8-15-13-3-2-4-14(13)17-6-5-12(18)9-17/h7,12-15,18H,2-6,8-9H2,1H3/t12?,13-,14+/m1/s1. The molecular formula is C14H23N3O2. The molecule has 0 aromatic carbocycles. The van der Waals surface area contributed by atoms with Crippen LogP contribution in [0.5, 0.6) is 0 Å². The second kappa shape index (κ2) is 5.61. The van der Waals surface area contributed by atoms with Gasteiger partial charge in [-0.15, -0.1) is 0 Å². The largest absolute Gasteiger partial charge is 0.392 e. The first-order chi connectivity index (χ1) is 9.22. The quantitative estimate of drug-likeness (QED) is 0.852. The molecule has 1 aliphatic carbocycles. The molecule has 0 amide bonds. The molecule has 106 valence electrons. The SMILES string of the molecule is Cc1cc(CN[C@@H]2CCC[C@@H]2N2CCC(O)C2)no1. The molecule has 2 fully saturated rings. The highest BCUT2D eigenvalue weighted by molar-refractivity contribution is 5.04. The van der Waals surface area contributed by atoms with E-state index in [0.717, 1.165) is 37.5 Å². The van der Waals surface area contributed by atoms with Crippen molar-refractivity contribution < 1.29 is 9.63 Å². The summed E-state index contributed by atoms with van der Waals surface area (Å²) in [6.07, 6.45) is 4.52. The highest BCUT2D eigenvalue weighted by Gasteiger charge is 2.35. The number of aromatic nitrogens is 1. The average Bonchev–Trinajstić information content (AvgIpc) is 3.07. The highest BCUT2D eigenvalue weighted by atomic mass is 16.5. The van der Waals surface area contributed by atoms with Crippen LogP contribution in [0.1, 0.15) is 37.1 Å². The summed E-state index contributed by atoms with van der Waals surface area (Å²) in [4.78, 5) is 2.45. The Balaban J connectivity index is 1.54. The van der Waals surface area contributed by atoms with E-state index in [0.29, 0.717) is 12.1 Å². The summed E-state index contributed by atoms with van der Waals surface area (Å²) in [6.45, 7) is 4.56. The summed E-state index contributed by atoms with van der Waals surface area (Å²) >= 11 is 0. The molecule has 2 heterocycles.